The van der Waals surface area contributed by atoms with E-state index in [1.165, 1.54) is 18.1 Å². The molecular formula is C11H17NO3. The highest BCUT2D eigenvalue weighted by atomic mass is 16.5. The molecule has 0 spiro atoms. The summed E-state index contributed by atoms with van der Waals surface area (Å²) in [6, 6.07) is 0. The first kappa shape index (κ1) is 13.4. The van der Waals surface area contributed by atoms with Crippen molar-refractivity contribution in [3.05, 3.63) is 24.3 Å². The topological polar surface area (TPSA) is 46.6 Å². The van der Waals surface area contributed by atoms with Crippen LogP contribution < -0.4 is 0 Å². The number of esters is 1. The Morgan fingerprint density at radius 2 is 2.00 bits per heavy atom. The Labute approximate surface area is 90.2 Å². The fourth-order valence-corrected chi connectivity index (χ4v) is 0.847. The molecule has 84 valence electrons. The van der Waals surface area contributed by atoms with Crippen LogP contribution in [0.3, 0.4) is 0 Å². The van der Waals surface area contributed by atoms with Gasteiger partial charge in [0.25, 0.3) is 0 Å². The van der Waals surface area contributed by atoms with Crippen molar-refractivity contribution in [1.82, 2.24) is 4.90 Å². The van der Waals surface area contributed by atoms with E-state index in [2.05, 4.69) is 4.74 Å². The van der Waals surface area contributed by atoms with E-state index in [9.17, 15) is 9.59 Å². The molecule has 4 heteroatoms. The van der Waals surface area contributed by atoms with Crippen molar-refractivity contribution in [2.45, 2.75) is 13.3 Å². The molecule has 0 radical (unpaired) electrons. The zero-order valence-corrected chi connectivity index (χ0v) is 9.40. The molecule has 0 fully saturated rings. The summed E-state index contributed by atoms with van der Waals surface area (Å²) < 4.78 is 4.47. The number of likely N-dealkylation sites (N-methyl/N-ethyl adjacent to an activating group) is 1. The number of hydrogen-bond donors (Lipinski definition) is 0. The Morgan fingerprint density at radius 3 is 2.53 bits per heavy atom. The number of carbonyl (C=O) groups excluding carboxylic acids is 2. The lowest BCUT2D eigenvalue weighted by Crippen LogP contribution is -2.27. The molecule has 0 aliphatic rings. The molecule has 0 aliphatic carbocycles. The molecule has 0 aromatic carbocycles. The van der Waals surface area contributed by atoms with Gasteiger partial charge in [-0.15, -0.1) is 0 Å². The third-order valence-electron chi connectivity index (χ3n) is 1.80. The monoisotopic (exact) mass is 211 g/mol. The molecule has 0 bridgehead atoms. The highest BCUT2D eigenvalue weighted by Crippen LogP contribution is 1.92. The van der Waals surface area contributed by atoms with E-state index in [4.69, 9.17) is 0 Å². The molecule has 15 heavy (non-hydrogen) atoms. The lowest BCUT2D eigenvalue weighted by molar-refractivity contribution is -0.141. The third-order valence-corrected chi connectivity index (χ3v) is 1.80. The van der Waals surface area contributed by atoms with Crippen molar-refractivity contribution in [2.75, 3.05) is 20.7 Å². The number of rotatable bonds is 5. The standard InChI is InChI=1S/C11H17NO3/c1-4-5-6-7-10(13)12(2)9-8-11(14)15-3/h4-7H,8-9H2,1-3H3/b5-4+,7-6+. The van der Waals surface area contributed by atoms with Crippen molar-refractivity contribution in [3.8, 4) is 0 Å². The average Bonchev–Trinajstić information content (AvgIpc) is 2.25. The Morgan fingerprint density at radius 1 is 1.33 bits per heavy atom. The summed E-state index contributed by atoms with van der Waals surface area (Å²) in [5.41, 5.74) is 0. The second kappa shape index (κ2) is 7.79. The minimum absolute atomic E-state index is 0.128. The van der Waals surface area contributed by atoms with Crippen LogP contribution in [0, 0.1) is 0 Å². The summed E-state index contributed by atoms with van der Waals surface area (Å²) in [6.45, 7) is 2.24. The Balaban J connectivity index is 3.94. The average molecular weight is 211 g/mol. The minimum atomic E-state index is -0.313. The first-order valence-corrected chi connectivity index (χ1v) is 4.73. The fourth-order valence-electron chi connectivity index (χ4n) is 0.847. The van der Waals surface area contributed by atoms with Gasteiger partial charge in [-0.05, 0) is 6.92 Å². The van der Waals surface area contributed by atoms with Crippen LogP contribution in [-0.2, 0) is 14.3 Å². The van der Waals surface area contributed by atoms with E-state index < -0.39 is 0 Å². The SMILES string of the molecule is C/C=C/C=C/C(=O)N(C)CCC(=O)OC. The second-order valence-electron chi connectivity index (χ2n) is 2.97. The minimum Gasteiger partial charge on any atom is -0.469 e. The Hall–Kier alpha value is -1.58. The van der Waals surface area contributed by atoms with Gasteiger partial charge in [-0.1, -0.05) is 18.2 Å². The smallest absolute Gasteiger partial charge is 0.307 e. The fraction of sp³-hybridized carbons (Fsp3) is 0.455. The maximum Gasteiger partial charge on any atom is 0.307 e. The zero-order chi connectivity index (χ0) is 11.7. The summed E-state index contributed by atoms with van der Waals surface area (Å²) in [5, 5.41) is 0. The van der Waals surface area contributed by atoms with E-state index in [1.54, 1.807) is 19.2 Å². The van der Waals surface area contributed by atoms with Crippen molar-refractivity contribution in [1.29, 1.82) is 0 Å². The first-order chi connectivity index (χ1) is 7.11. The van der Waals surface area contributed by atoms with Gasteiger partial charge in [-0.25, -0.2) is 0 Å². The molecule has 4 nitrogen and oxygen atoms in total. The number of ether oxygens (including phenoxy) is 1. The molecule has 0 saturated carbocycles. The van der Waals surface area contributed by atoms with Crippen LogP contribution in [0.15, 0.2) is 24.3 Å². The molecule has 0 unspecified atom stereocenters. The van der Waals surface area contributed by atoms with E-state index in [-0.39, 0.29) is 18.3 Å². The lowest BCUT2D eigenvalue weighted by atomic mass is 10.3. The van der Waals surface area contributed by atoms with Gasteiger partial charge in [0.15, 0.2) is 0 Å². The number of carbonyl (C=O) groups is 2. The second-order valence-corrected chi connectivity index (χ2v) is 2.97. The van der Waals surface area contributed by atoms with Gasteiger partial charge in [-0.2, -0.15) is 0 Å². The van der Waals surface area contributed by atoms with Crippen LogP contribution in [-0.4, -0.2) is 37.5 Å². The molecule has 0 heterocycles. The molecule has 0 atom stereocenters. The van der Waals surface area contributed by atoms with Crippen LogP contribution in [0.1, 0.15) is 13.3 Å². The van der Waals surface area contributed by atoms with Crippen LogP contribution in [0.2, 0.25) is 0 Å². The van der Waals surface area contributed by atoms with Crippen molar-refractivity contribution in [3.63, 3.8) is 0 Å². The molecule has 0 rings (SSSR count). The molecule has 0 N–H and O–H groups in total. The number of methoxy groups -OCH3 is 1. The van der Waals surface area contributed by atoms with E-state index >= 15 is 0 Å². The van der Waals surface area contributed by atoms with Gasteiger partial charge in [0.05, 0.1) is 13.5 Å². The maximum absolute atomic E-state index is 11.4. The number of amides is 1. The number of nitrogens with zero attached hydrogens (tertiary/aromatic N) is 1. The maximum atomic E-state index is 11.4. The molecule has 0 aromatic heterocycles. The van der Waals surface area contributed by atoms with Gasteiger partial charge in [0, 0.05) is 19.7 Å². The van der Waals surface area contributed by atoms with E-state index in [1.807, 2.05) is 13.0 Å². The van der Waals surface area contributed by atoms with Crippen molar-refractivity contribution in [2.24, 2.45) is 0 Å². The molecule has 1 amide bonds. The highest BCUT2D eigenvalue weighted by molar-refractivity contribution is 5.87. The van der Waals surface area contributed by atoms with Crippen LogP contribution in [0.5, 0.6) is 0 Å². The molecular weight excluding hydrogens is 194 g/mol. The quantitative estimate of drug-likeness (QED) is 0.389. The number of hydrogen-bond acceptors (Lipinski definition) is 3. The summed E-state index contributed by atoms with van der Waals surface area (Å²) in [6.07, 6.45) is 6.94. The van der Waals surface area contributed by atoms with Crippen molar-refractivity contribution < 1.29 is 14.3 Å². The van der Waals surface area contributed by atoms with Gasteiger partial charge < -0.3 is 9.64 Å². The van der Waals surface area contributed by atoms with Crippen LogP contribution in [0.4, 0.5) is 0 Å². The van der Waals surface area contributed by atoms with Gasteiger partial charge in [-0.3, -0.25) is 9.59 Å². The highest BCUT2D eigenvalue weighted by Gasteiger charge is 2.07. The largest absolute Gasteiger partial charge is 0.469 e. The molecule has 0 saturated heterocycles. The Kier molecular flexibility index (Phi) is 6.97. The van der Waals surface area contributed by atoms with Gasteiger partial charge >= 0.3 is 5.97 Å². The first-order valence-electron chi connectivity index (χ1n) is 4.73. The van der Waals surface area contributed by atoms with Gasteiger partial charge in [0.1, 0.15) is 0 Å². The summed E-state index contributed by atoms with van der Waals surface area (Å²) in [7, 11) is 2.97. The summed E-state index contributed by atoms with van der Waals surface area (Å²) in [5.74, 6) is -0.441. The molecule has 0 aliphatic heterocycles. The lowest BCUT2D eigenvalue weighted by Gasteiger charge is -2.13. The van der Waals surface area contributed by atoms with Crippen molar-refractivity contribution >= 4 is 11.9 Å². The normalized spacial score (nSPS) is 10.9. The predicted molar refractivity (Wildman–Crippen MR) is 58.2 cm³/mol. The van der Waals surface area contributed by atoms with Gasteiger partial charge in [0.2, 0.25) is 5.91 Å². The summed E-state index contributed by atoms with van der Waals surface area (Å²) >= 11 is 0. The van der Waals surface area contributed by atoms with E-state index in [0.29, 0.717) is 6.54 Å². The predicted octanol–water partition coefficient (Wildman–Crippen LogP) is 1.14. The summed E-state index contributed by atoms with van der Waals surface area (Å²) in [4.78, 5) is 23.7. The number of allylic oxidation sites excluding steroid dienone is 3. The third kappa shape index (κ3) is 6.49. The van der Waals surface area contributed by atoms with Crippen LogP contribution >= 0.6 is 0 Å². The molecule has 0 aromatic rings. The Bertz CT molecular complexity index is 269. The van der Waals surface area contributed by atoms with E-state index in [0.717, 1.165) is 0 Å². The van der Waals surface area contributed by atoms with Crippen LogP contribution in [0.25, 0.3) is 0 Å². The zero-order valence-electron chi connectivity index (χ0n) is 9.40.